The Morgan fingerprint density at radius 1 is 1.27 bits per heavy atom. The van der Waals surface area contributed by atoms with E-state index >= 15 is 0 Å². The minimum absolute atomic E-state index is 0.352. The third-order valence-electron chi connectivity index (χ3n) is 3.82. The van der Waals surface area contributed by atoms with E-state index in [-0.39, 0.29) is 0 Å². The lowest BCUT2D eigenvalue weighted by Gasteiger charge is -2.26. The van der Waals surface area contributed by atoms with Gasteiger partial charge in [0.1, 0.15) is 5.75 Å². The number of fused-ring (bicyclic) bond motifs is 1. The number of hydrogen-bond acceptors (Lipinski definition) is 3. The summed E-state index contributed by atoms with van der Waals surface area (Å²) in [6, 6.07) is 14.8. The first-order valence-electron chi connectivity index (χ1n) is 7.64. The zero-order valence-corrected chi connectivity index (χ0v) is 14.2. The minimum Gasteiger partial charge on any atom is -0.494 e. The summed E-state index contributed by atoms with van der Waals surface area (Å²) in [7, 11) is 0. The molecule has 116 valence electrons. The van der Waals surface area contributed by atoms with Gasteiger partial charge in [-0.1, -0.05) is 29.8 Å². The Kier molecular flexibility index (Phi) is 5.29. The second-order valence-electron chi connectivity index (χ2n) is 5.29. The van der Waals surface area contributed by atoms with Gasteiger partial charge in [-0.15, -0.1) is 11.8 Å². The summed E-state index contributed by atoms with van der Waals surface area (Å²) in [6.45, 7) is 3.51. The van der Waals surface area contributed by atoms with Crippen molar-refractivity contribution in [3.63, 3.8) is 0 Å². The molecule has 2 aromatic carbocycles. The third kappa shape index (κ3) is 3.60. The summed E-state index contributed by atoms with van der Waals surface area (Å²) >= 11 is 8.08. The molecule has 2 aromatic rings. The lowest BCUT2D eigenvalue weighted by molar-refractivity contribution is 0.334. The first-order valence-corrected chi connectivity index (χ1v) is 9.00. The Labute approximate surface area is 141 Å². The monoisotopic (exact) mass is 333 g/mol. The third-order valence-corrected chi connectivity index (χ3v) is 5.18. The largest absolute Gasteiger partial charge is 0.494 e. The predicted octanol–water partition coefficient (Wildman–Crippen LogP) is 5.07. The zero-order chi connectivity index (χ0) is 15.4. The van der Waals surface area contributed by atoms with Gasteiger partial charge in [-0.05, 0) is 48.9 Å². The van der Waals surface area contributed by atoms with Crippen molar-refractivity contribution in [2.75, 3.05) is 12.4 Å². The molecule has 0 spiro atoms. The maximum absolute atomic E-state index is 6.17. The van der Waals surface area contributed by atoms with E-state index in [1.807, 2.05) is 36.9 Å². The summed E-state index contributed by atoms with van der Waals surface area (Å²) in [5.41, 5.74) is 2.52. The van der Waals surface area contributed by atoms with Crippen LogP contribution in [0.25, 0.3) is 0 Å². The van der Waals surface area contributed by atoms with E-state index in [0.29, 0.717) is 12.6 Å². The quantitative estimate of drug-likeness (QED) is 0.825. The summed E-state index contributed by atoms with van der Waals surface area (Å²) in [5, 5.41) is 4.48. The van der Waals surface area contributed by atoms with Crippen molar-refractivity contribution >= 4 is 23.4 Å². The molecule has 0 aliphatic carbocycles. The summed E-state index contributed by atoms with van der Waals surface area (Å²) in [4.78, 5) is 1.34. The predicted molar refractivity (Wildman–Crippen MR) is 94.0 cm³/mol. The van der Waals surface area contributed by atoms with Crippen LogP contribution in [0.3, 0.4) is 0 Å². The lowest BCUT2D eigenvalue weighted by atomic mass is 10.0. The standard InChI is InChI=1S/C18H20ClNOS/c1-2-21-17-6-4-3-5-13(17)12-20-16-9-10-22-18-8-7-14(19)11-15(16)18/h3-8,11,16,20H,2,9-10,12H2,1H3. The van der Waals surface area contributed by atoms with Crippen LogP contribution in [0.4, 0.5) is 0 Å². The molecule has 1 heterocycles. The highest BCUT2D eigenvalue weighted by atomic mass is 35.5. The van der Waals surface area contributed by atoms with Crippen LogP contribution in [0, 0.1) is 0 Å². The first-order chi connectivity index (χ1) is 10.8. The minimum atomic E-state index is 0.352. The Balaban J connectivity index is 1.74. The zero-order valence-electron chi connectivity index (χ0n) is 12.6. The van der Waals surface area contributed by atoms with E-state index in [9.17, 15) is 0 Å². The van der Waals surface area contributed by atoms with Gasteiger partial charge in [0.05, 0.1) is 6.61 Å². The Hall–Kier alpha value is -1.16. The van der Waals surface area contributed by atoms with Crippen LogP contribution in [0.2, 0.25) is 5.02 Å². The molecule has 0 radical (unpaired) electrons. The lowest BCUT2D eigenvalue weighted by Crippen LogP contribution is -2.24. The number of para-hydroxylation sites is 1. The molecule has 1 aliphatic heterocycles. The number of halogens is 1. The molecule has 0 saturated carbocycles. The van der Waals surface area contributed by atoms with Crippen molar-refractivity contribution in [2.45, 2.75) is 30.8 Å². The average Bonchev–Trinajstić information content (AvgIpc) is 2.54. The SMILES string of the molecule is CCOc1ccccc1CNC1CCSc2ccc(Cl)cc21. The molecule has 0 fully saturated rings. The van der Waals surface area contributed by atoms with Crippen molar-refractivity contribution in [2.24, 2.45) is 0 Å². The molecule has 4 heteroatoms. The Morgan fingerprint density at radius 3 is 3.00 bits per heavy atom. The fraction of sp³-hybridized carbons (Fsp3) is 0.333. The molecular weight excluding hydrogens is 314 g/mol. The van der Waals surface area contributed by atoms with Crippen LogP contribution < -0.4 is 10.1 Å². The Morgan fingerprint density at radius 2 is 2.14 bits per heavy atom. The molecule has 1 N–H and O–H groups in total. The fourth-order valence-electron chi connectivity index (χ4n) is 2.76. The van der Waals surface area contributed by atoms with Gasteiger partial charge in [0, 0.05) is 28.1 Å². The van der Waals surface area contributed by atoms with E-state index in [1.165, 1.54) is 16.0 Å². The van der Waals surface area contributed by atoms with Gasteiger partial charge < -0.3 is 10.1 Å². The normalized spacial score (nSPS) is 17.1. The summed E-state index contributed by atoms with van der Waals surface area (Å²) in [6.07, 6.45) is 1.12. The first kappa shape index (κ1) is 15.7. The van der Waals surface area contributed by atoms with Gasteiger partial charge >= 0.3 is 0 Å². The fourth-order valence-corrected chi connectivity index (χ4v) is 4.04. The number of benzene rings is 2. The number of ether oxygens (including phenoxy) is 1. The van der Waals surface area contributed by atoms with Crippen molar-refractivity contribution in [1.29, 1.82) is 0 Å². The highest BCUT2D eigenvalue weighted by molar-refractivity contribution is 7.99. The van der Waals surface area contributed by atoms with Crippen LogP contribution in [-0.2, 0) is 6.54 Å². The van der Waals surface area contributed by atoms with Crippen molar-refractivity contribution in [3.8, 4) is 5.75 Å². The molecule has 1 atom stereocenters. The van der Waals surface area contributed by atoms with Crippen LogP contribution in [0.15, 0.2) is 47.4 Å². The van der Waals surface area contributed by atoms with Crippen LogP contribution in [-0.4, -0.2) is 12.4 Å². The molecular formula is C18H20ClNOS. The van der Waals surface area contributed by atoms with Crippen molar-refractivity contribution in [1.82, 2.24) is 5.32 Å². The highest BCUT2D eigenvalue weighted by Crippen LogP contribution is 2.37. The maximum atomic E-state index is 6.17. The molecule has 0 saturated heterocycles. The van der Waals surface area contributed by atoms with Gasteiger partial charge in [-0.3, -0.25) is 0 Å². The van der Waals surface area contributed by atoms with Gasteiger partial charge in [0.15, 0.2) is 0 Å². The van der Waals surface area contributed by atoms with Crippen molar-refractivity contribution in [3.05, 3.63) is 58.6 Å². The second kappa shape index (κ2) is 7.40. The molecule has 1 unspecified atom stereocenters. The number of nitrogens with one attached hydrogen (secondary N) is 1. The Bertz CT molecular complexity index is 647. The van der Waals surface area contributed by atoms with E-state index in [4.69, 9.17) is 16.3 Å². The maximum Gasteiger partial charge on any atom is 0.123 e. The molecule has 1 aliphatic rings. The number of hydrogen-bond donors (Lipinski definition) is 1. The number of rotatable bonds is 5. The van der Waals surface area contributed by atoms with E-state index < -0.39 is 0 Å². The second-order valence-corrected chi connectivity index (χ2v) is 6.87. The van der Waals surface area contributed by atoms with E-state index in [0.717, 1.165) is 29.5 Å². The summed E-state index contributed by atoms with van der Waals surface area (Å²) < 4.78 is 5.70. The molecule has 22 heavy (non-hydrogen) atoms. The average molecular weight is 334 g/mol. The molecule has 0 aromatic heterocycles. The number of thioether (sulfide) groups is 1. The van der Waals surface area contributed by atoms with Crippen molar-refractivity contribution < 1.29 is 4.74 Å². The smallest absolute Gasteiger partial charge is 0.123 e. The van der Waals surface area contributed by atoms with Gasteiger partial charge in [-0.2, -0.15) is 0 Å². The van der Waals surface area contributed by atoms with E-state index in [1.54, 1.807) is 0 Å². The van der Waals surface area contributed by atoms with Gasteiger partial charge in [0.2, 0.25) is 0 Å². The summed E-state index contributed by atoms with van der Waals surface area (Å²) in [5.74, 6) is 2.10. The van der Waals surface area contributed by atoms with Crippen LogP contribution in [0.5, 0.6) is 5.75 Å². The van der Waals surface area contributed by atoms with E-state index in [2.05, 4.69) is 29.6 Å². The van der Waals surface area contributed by atoms with Gasteiger partial charge in [-0.25, -0.2) is 0 Å². The topological polar surface area (TPSA) is 21.3 Å². The molecule has 3 rings (SSSR count). The van der Waals surface area contributed by atoms with Crippen LogP contribution >= 0.6 is 23.4 Å². The molecule has 2 nitrogen and oxygen atoms in total. The van der Waals surface area contributed by atoms with Crippen LogP contribution in [0.1, 0.15) is 30.5 Å². The highest BCUT2D eigenvalue weighted by Gasteiger charge is 2.20. The molecule has 0 amide bonds. The molecule has 0 bridgehead atoms. The van der Waals surface area contributed by atoms with Gasteiger partial charge in [0.25, 0.3) is 0 Å².